The molecule has 0 bridgehead atoms. The van der Waals surface area contributed by atoms with Gasteiger partial charge >= 0.3 is 0 Å². The number of carbonyl (C=O) groups excluding carboxylic acids is 3. The third kappa shape index (κ3) is 7.40. The summed E-state index contributed by atoms with van der Waals surface area (Å²) in [5, 5.41) is 15.3. The molecule has 0 spiro atoms. The molecule has 1 aliphatic heterocycles. The Labute approximate surface area is 252 Å². The van der Waals surface area contributed by atoms with Crippen molar-refractivity contribution in [1.29, 1.82) is 5.26 Å². The van der Waals surface area contributed by atoms with Crippen LogP contribution in [0.3, 0.4) is 0 Å². The molecule has 0 radical (unpaired) electrons. The van der Waals surface area contributed by atoms with E-state index in [1.165, 1.54) is 0 Å². The monoisotopic (exact) mass is 578 g/mol. The zero-order valence-electron chi connectivity index (χ0n) is 24.5. The van der Waals surface area contributed by atoms with E-state index in [2.05, 4.69) is 21.6 Å². The Kier molecular flexibility index (Phi) is 9.38. The molecule has 9 heteroatoms. The number of benzene rings is 3. The maximum absolute atomic E-state index is 13.3. The first-order valence-electron chi connectivity index (χ1n) is 14.9. The van der Waals surface area contributed by atoms with Crippen LogP contribution in [0.15, 0.2) is 66.7 Å². The Balaban J connectivity index is 1.37. The fourth-order valence-corrected chi connectivity index (χ4v) is 5.80. The van der Waals surface area contributed by atoms with Gasteiger partial charge in [-0.25, -0.2) is 0 Å². The number of hydrogen-bond acceptors (Lipinski definition) is 6. The topological polar surface area (TPSA) is 132 Å². The number of nitrogens with one attached hydrogen (secondary N) is 2. The number of nitrogens with two attached hydrogens (primary N) is 1. The predicted molar refractivity (Wildman–Crippen MR) is 167 cm³/mol. The lowest BCUT2D eigenvalue weighted by Crippen LogP contribution is -2.40. The fourth-order valence-electron chi connectivity index (χ4n) is 5.80. The number of nitrogens with zero attached hydrogens (tertiary/aromatic N) is 3. The summed E-state index contributed by atoms with van der Waals surface area (Å²) in [6, 6.07) is 21.8. The minimum Gasteiger partial charge on any atom is -0.368 e. The van der Waals surface area contributed by atoms with Gasteiger partial charge in [-0.2, -0.15) is 5.26 Å². The lowest BCUT2D eigenvalue weighted by Gasteiger charge is -2.28. The molecule has 3 aromatic rings. The zero-order chi connectivity index (χ0) is 30.3. The second kappa shape index (κ2) is 13.5. The van der Waals surface area contributed by atoms with Gasteiger partial charge in [-0.3, -0.25) is 14.4 Å². The fraction of sp³-hybridized carbons (Fsp3) is 0.353. The molecule has 2 aliphatic rings. The molecule has 0 unspecified atom stereocenters. The van der Waals surface area contributed by atoms with Gasteiger partial charge in [-0.15, -0.1) is 0 Å². The molecule has 3 amide bonds. The van der Waals surface area contributed by atoms with Crippen LogP contribution in [0.4, 0.5) is 11.4 Å². The summed E-state index contributed by atoms with van der Waals surface area (Å²) in [4.78, 5) is 43.8. The Morgan fingerprint density at radius 2 is 1.58 bits per heavy atom. The van der Waals surface area contributed by atoms with E-state index >= 15 is 0 Å². The smallest absolute Gasteiger partial charge is 0.255 e. The van der Waals surface area contributed by atoms with E-state index in [9.17, 15) is 14.4 Å². The highest BCUT2D eigenvalue weighted by molar-refractivity contribution is 6.07. The number of amides is 3. The van der Waals surface area contributed by atoms with E-state index in [1.54, 1.807) is 36.4 Å². The van der Waals surface area contributed by atoms with Crippen molar-refractivity contribution in [2.45, 2.75) is 51.1 Å². The molecule has 1 saturated carbocycles. The quantitative estimate of drug-likeness (QED) is 0.396. The van der Waals surface area contributed by atoms with Crippen LogP contribution in [-0.4, -0.2) is 60.9 Å². The minimum absolute atomic E-state index is 0.00980. The average molecular weight is 579 g/mol. The first-order valence-corrected chi connectivity index (χ1v) is 14.9. The van der Waals surface area contributed by atoms with Crippen molar-refractivity contribution in [1.82, 2.24) is 10.2 Å². The molecule has 1 heterocycles. The van der Waals surface area contributed by atoms with Gasteiger partial charge in [0.15, 0.2) is 0 Å². The highest BCUT2D eigenvalue weighted by Crippen LogP contribution is 2.30. The van der Waals surface area contributed by atoms with Gasteiger partial charge in [0.05, 0.1) is 23.0 Å². The highest BCUT2D eigenvalue weighted by atomic mass is 16.2. The molecule has 1 saturated heterocycles. The first-order chi connectivity index (χ1) is 20.8. The van der Waals surface area contributed by atoms with E-state index in [0.717, 1.165) is 43.4 Å². The normalized spacial score (nSPS) is 18.7. The second-order valence-electron chi connectivity index (χ2n) is 11.5. The molecule has 3 aromatic carbocycles. The molecule has 9 nitrogen and oxygen atoms in total. The van der Waals surface area contributed by atoms with Crippen LogP contribution in [-0.2, 0) is 0 Å². The maximum atomic E-state index is 13.3. The highest BCUT2D eigenvalue weighted by Gasteiger charge is 2.25. The number of rotatable bonds is 6. The molecule has 222 valence electrons. The van der Waals surface area contributed by atoms with Gasteiger partial charge in [0.1, 0.15) is 0 Å². The number of hydrogen-bond donors (Lipinski definition) is 3. The Morgan fingerprint density at radius 3 is 2.30 bits per heavy atom. The van der Waals surface area contributed by atoms with Crippen LogP contribution in [0.5, 0.6) is 0 Å². The summed E-state index contributed by atoms with van der Waals surface area (Å²) >= 11 is 0. The van der Waals surface area contributed by atoms with E-state index in [1.807, 2.05) is 42.2 Å². The Bertz CT molecular complexity index is 1520. The van der Waals surface area contributed by atoms with Crippen LogP contribution in [0.1, 0.15) is 74.3 Å². The lowest BCUT2D eigenvalue weighted by molar-refractivity contribution is 0.0766. The third-order valence-electron chi connectivity index (χ3n) is 8.28. The molecular formula is C34H38N6O3. The van der Waals surface area contributed by atoms with Crippen molar-refractivity contribution < 1.29 is 14.4 Å². The van der Waals surface area contributed by atoms with E-state index in [0.29, 0.717) is 54.1 Å². The molecule has 0 aromatic heterocycles. The van der Waals surface area contributed by atoms with Gasteiger partial charge in [0.25, 0.3) is 17.7 Å². The van der Waals surface area contributed by atoms with Crippen molar-refractivity contribution >= 4 is 29.1 Å². The molecule has 1 aliphatic carbocycles. The minimum atomic E-state index is -0.337. The average Bonchev–Trinajstić information content (AvgIpc) is 3.28. The predicted octanol–water partition coefficient (Wildman–Crippen LogP) is 4.47. The standard InChI is InChI=1S/C34H38N6O3/c1-23-4-2-5-27(20-23)34(43)40-17-3-16-39(18-19-40)31-15-10-26(33(42)37-29-13-11-28(36)12-14-29)21-30(31)38-32(41)25-8-6-24(22-35)7-9-25/h2,4-10,15,20-21,28-29H,3,11-14,16-19,36H2,1H3,(H,37,42)(H,38,41). The van der Waals surface area contributed by atoms with Crippen molar-refractivity contribution in [2.75, 3.05) is 36.4 Å². The summed E-state index contributed by atoms with van der Waals surface area (Å²) in [6.45, 7) is 4.39. The van der Waals surface area contributed by atoms with Gasteiger partial charge in [-0.05, 0) is 93.6 Å². The molecular weight excluding hydrogens is 540 g/mol. The van der Waals surface area contributed by atoms with E-state index < -0.39 is 0 Å². The van der Waals surface area contributed by atoms with Gasteiger partial charge in [0, 0.05) is 55.0 Å². The number of nitriles is 1. The van der Waals surface area contributed by atoms with E-state index in [-0.39, 0.29) is 29.8 Å². The lowest BCUT2D eigenvalue weighted by atomic mass is 9.91. The van der Waals surface area contributed by atoms with Gasteiger partial charge < -0.3 is 26.2 Å². The van der Waals surface area contributed by atoms with E-state index in [4.69, 9.17) is 11.0 Å². The number of anilines is 2. The van der Waals surface area contributed by atoms with Crippen LogP contribution < -0.4 is 21.3 Å². The molecule has 0 atom stereocenters. The zero-order valence-corrected chi connectivity index (χ0v) is 24.5. The van der Waals surface area contributed by atoms with Crippen LogP contribution >= 0.6 is 0 Å². The summed E-state index contributed by atoms with van der Waals surface area (Å²) in [6.07, 6.45) is 4.21. The summed E-state index contributed by atoms with van der Waals surface area (Å²) in [5.41, 5.74) is 10.4. The van der Waals surface area contributed by atoms with Crippen molar-refractivity contribution in [3.05, 3.63) is 94.5 Å². The number of aryl methyl sites for hydroxylation is 1. The first kappa shape index (κ1) is 29.8. The largest absolute Gasteiger partial charge is 0.368 e. The summed E-state index contributed by atoms with van der Waals surface area (Å²) in [5.74, 6) is -0.516. The Hall–Kier alpha value is -4.68. The van der Waals surface area contributed by atoms with Crippen LogP contribution in [0.2, 0.25) is 0 Å². The van der Waals surface area contributed by atoms with Crippen LogP contribution in [0, 0.1) is 18.3 Å². The van der Waals surface area contributed by atoms with Crippen molar-refractivity contribution in [3.8, 4) is 6.07 Å². The summed E-state index contributed by atoms with van der Waals surface area (Å²) < 4.78 is 0. The van der Waals surface area contributed by atoms with Gasteiger partial charge in [0.2, 0.25) is 0 Å². The molecule has 43 heavy (non-hydrogen) atoms. The Morgan fingerprint density at radius 1 is 0.837 bits per heavy atom. The molecule has 5 rings (SSSR count). The maximum Gasteiger partial charge on any atom is 0.255 e. The van der Waals surface area contributed by atoms with Crippen molar-refractivity contribution in [2.24, 2.45) is 5.73 Å². The second-order valence-corrected chi connectivity index (χ2v) is 11.5. The summed E-state index contributed by atoms with van der Waals surface area (Å²) in [7, 11) is 0. The SMILES string of the molecule is Cc1cccc(C(=O)N2CCCN(c3ccc(C(=O)NC4CCC(N)CC4)cc3NC(=O)c3ccc(C#N)cc3)CC2)c1. The van der Waals surface area contributed by atoms with Crippen molar-refractivity contribution in [3.63, 3.8) is 0 Å². The molecule has 2 fully saturated rings. The van der Waals surface area contributed by atoms with Crippen LogP contribution in [0.25, 0.3) is 0 Å². The van der Waals surface area contributed by atoms with Gasteiger partial charge in [-0.1, -0.05) is 17.7 Å². The number of carbonyl (C=O) groups is 3. The molecule has 4 N–H and O–H groups in total. The third-order valence-corrected chi connectivity index (χ3v) is 8.28.